The van der Waals surface area contributed by atoms with Crippen molar-refractivity contribution in [3.63, 3.8) is 0 Å². The Kier molecular flexibility index (Phi) is 4.09. The van der Waals surface area contributed by atoms with Crippen molar-refractivity contribution >= 4 is 17.6 Å². The Labute approximate surface area is 96.2 Å². The molecule has 1 atom stereocenters. The molecule has 0 aromatic carbocycles. The van der Waals surface area contributed by atoms with Gasteiger partial charge in [0.25, 0.3) is 0 Å². The number of nitrogens with one attached hydrogen (secondary N) is 1. The summed E-state index contributed by atoms with van der Waals surface area (Å²) in [6.07, 6.45) is 3.64. The molecule has 0 amide bonds. The lowest BCUT2D eigenvalue weighted by Gasteiger charge is -2.11. The molecule has 17 heavy (non-hydrogen) atoms. The second-order valence-corrected chi connectivity index (χ2v) is 3.08. The van der Waals surface area contributed by atoms with Crippen LogP contribution in [-0.4, -0.2) is 32.0 Å². The van der Waals surface area contributed by atoms with Gasteiger partial charge in [-0.1, -0.05) is 6.08 Å². The highest BCUT2D eigenvalue weighted by atomic mass is 16.6. The van der Waals surface area contributed by atoms with Crippen LogP contribution in [-0.2, 0) is 4.79 Å². The van der Waals surface area contributed by atoms with Crippen LogP contribution < -0.4 is 5.32 Å². The number of carbonyl (C=O) groups is 1. The zero-order valence-corrected chi connectivity index (χ0v) is 8.74. The number of hydrogen-bond donors (Lipinski definition) is 2. The highest BCUT2D eigenvalue weighted by molar-refractivity contribution is 5.76. The fourth-order valence-corrected chi connectivity index (χ4v) is 1.03. The van der Waals surface area contributed by atoms with E-state index in [1.807, 2.05) is 0 Å². The molecule has 8 heteroatoms. The second-order valence-electron chi connectivity index (χ2n) is 3.08. The number of anilines is 1. The van der Waals surface area contributed by atoms with Gasteiger partial charge in [-0.25, -0.2) is 14.8 Å². The molecule has 1 rings (SSSR count). The first-order chi connectivity index (χ1) is 8.04. The van der Waals surface area contributed by atoms with E-state index in [-0.39, 0.29) is 18.1 Å². The summed E-state index contributed by atoms with van der Waals surface area (Å²) < 4.78 is 0. The van der Waals surface area contributed by atoms with Crippen molar-refractivity contribution in [1.29, 1.82) is 0 Å². The molecule has 1 aromatic heterocycles. The Balaban J connectivity index is 2.76. The maximum absolute atomic E-state index is 10.8. The maximum atomic E-state index is 10.8. The van der Waals surface area contributed by atoms with Gasteiger partial charge in [0.15, 0.2) is 0 Å². The van der Waals surface area contributed by atoms with Crippen molar-refractivity contribution in [2.24, 2.45) is 0 Å². The number of aliphatic carboxylic acids is 1. The van der Waals surface area contributed by atoms with E-state index >= 15 is 0 Å². The molecule has 8 nitrogen and oxygen atoms in total. The van der Waals surface area contributed by atoms with Crippen molar-refractivity contribution < 1.29 is 14.8 Å². The Hall–Kier alpha value is -2.51. The first-order valence-corrected chi connectivity index (χ1v) is 4.61. The van der Waals surface area contributed by atoms with E-state index in [0.717, 1.165) is 12.4 Å². The van der Waals surface area contributed by atoms with E-state index < -0.39 is 16.9 Å². The number of carboxylic acids is 1. The standard InChI is InChI=1S/C9H10N4O4/c1-2-3-7(8(14)15)12-9-10-4-6(5-11-9)13(16)17/h2,4-5,7H,1,3H2,(H,14,15)(H,10,11,12). The highest BCUT2D eigenvalue weighted by Crippen LogP contribution is 2.09. The highest BCUT2D eigenvalue weighted by Gasteiger charge is 2.17. The summed E-state index contributed by atoms with van der Waals surface area (Å²) in [4.78, 5) is 27.8. The summed E-state index contributed by atoms with van der Waals surface area (Å²) in [5, 5.41) is 21.7. The van der Waals surface area contributed by atoms with Crippen LogP contribution in [0.2, 0.25) is 0 Å². The van der Waals surface area contributed by atoms with Crippen molar-refractivity contribution in [3.05, 3.63) is 35.2 Å². The van der Waals surface area contributed by atoms with Gasteiger partial charge in [-0.3, -0.25) is 10.1 Å². The topological polar surface area (TPSA) is 118 Å². The lowest BCUT2D eigenvalue weighted by atomic mass is 10.2. The number of nitro groups is 1. The molecule has 2 N–H and O–H groups in total. The first kappa shape index (κ1) is 12.6. The summed E-state index contributed by atoms with van der Waals surface area (Å²) in [5.74, 6) is -1.06. The zero-order chi connectivity index (χ0) is 12.8. The van der Waals surface area contributed by atoms with E-state index in [1.165, 1.54) is 6.08 Å². The maximum Gasteiger partial charge on any atom is 0.326 e. The molecule has 0 saturated carbocycles. The van der Waals surface area contributed by atoms with Crippen molar-refractivity contribution in [2.45, 2.75) is 12.5 Å². The molecule has 0 spiro atoms. The lowest BCUT2D eigenvalue weighted by molar-refractivity contribution is -0.385. The summed E-state index contributed by atoms with van der Waals surface area (Å²) >= 11 is 0. The van der Waals surface area contributed by atoms with Crippen LogP contribution in [0.25, 0.3) is 0 Å². The molecule has 1 aromatic rings. The fraction of sp³-hybridized carbons (Fsp3) is 0.222. The second kappa shape index (κ2) is 5.54. The third kappa shape index (κ3) is 3.52. The van der Waals surface area contributed by atoms with E-state index in [9.17, 15) is 14.9 Å². The van der Waals surface area contributed by atoms with E-state index in [4.69, 9.17) is 5.11 Å². The zero-order valence-electron chi connectivity index (χ0n) is 8.74. The largest absolute Gasteiger partial charge is 0.480 e. The molecule has 0 bridgehead atoms. The number of carboxylic acid groups (broad SMARTS) is 1. The van der Waals surface area contributed by atoms with E-state index in [0.29, 0.717) is 0 Å². The van der Waals surface area contributed by atoms with Crippen molar-refractivity contribution in [1.82, 2.24) is 9.97 Å². The number of nitrogens with zero attached hydrogens (tertiary/aromatic N) is 3. The van der Waals surface area contributed by atoms with Crippen LogP contribution in [0.3, 0.4) is 0 Å². The van der Waals surface area contributed by atoms with Gasteiger partial charge in [0.2, 0.25) is 5.95 Å². The Morgan fingerprint density at radius 2 is 2.24 bits per heavy atom. The van der Waals surface area contributed by atoms with Gasteiger partial charge in [-0.15, -0.1) is 6.58 Å². The van der Waals surface area contributed by atoms with Gasteiger partial charge < -0.3 is 10.4 Å². The molecule has 1 heterocycles. The normalized spacial score (nSPS) is 11.5. The minimum absolute atomic E-state index is 0.0184. The third-order valence-corrected chi connectivity index (χ3v) is 1.85. The van der Waals surface area contributed by atoms with Crippen molar-refractivity contribution in [3.8, 4) is 0 Å². The molecule has 0 saturated heterocycles. The lowest BCUT2D eigenvalue weighted by Crippen LogP contribution is -2.29. The summed E-state index contributed by atoms with van der Waals surface area (Å²) in [7, 11) is 0. The molecular formula is C9H10N4O4. The summed E-state index contributed by atoms with van der Waals surface area (Å²) in [5.41, 5.74) is -0.258. The predicted molar refractivity (Wildman–Crippen MR) is 58.5 cm³/mol. The average Bonchev–Trinajstić information content (AvgIpc) is 2.29. The van der Waals surface area contributed by atoms with Crippen LogP contribution in [0.15, 0.2) is 25.0 Å². The quantitative estimate of drug-likeness (QED) is 0.428. The molecule has 1 unspecified atom stereocenters. The predicted octanol–water partition coefficient (Wildman–Crippen LogP) is 0.826. The monoisotopic (exact) mass is 238 g/mol. The number of hydrogen-bond acceptors (Lipinski definition) is 6. The third-order valence-electron chi connectivity index (χ3n) is 1.85. The Morgan fingerprint density at radius 3 is 2.65 bits per heavy atom. The van der Waals surface area contributed by atoms with Crippen molar-refractivity contribution in [2.75, 3.05) is 5.32 Å². The molecule has 0 aliphatic rings. The van der Waals surface area contributed by atoms with Crippen LogP contribution in [0, 0.1) is 10.1 Å². The Morgan fingerprint density at radius 1 is 1.65 bits per heavy atom. The van der Waals surface area contributed by atoms with Crippen LogP contribution in [0.4, 0.5) is 11.6 Å². The average molecular weight is 238 g/mol. The van der Waals surface area contributed by atoms with Crippen LogP contribution >= 0.6 is 0 Å². The smallest absolute Gasteiger partial charge is 0.326 e. The molecule has 0 aliphatic heterocycles. The minimum atomic E-state index is -1.08. The first-order valence-electron chi connectivity index (χ1n) is 4.61. The van der Waals surface area contributed by atoms with Crippen LogP contribution in [0.5, 0.6) is 0 Å². The molecule has 0 radical (unpaired) electrons. The summed E-state index contributed by atoms with van der Waals surface area (Å²) in [6.45, 7) is 3.43. The molecule has 90 valence electrons. The van der Waals surface area contributed by atoms with E-state index in [1.54, 1.807) is 0 Å². The van der Waals surface area contributed by atoms with Gasteiger partial charge in [0.05, 0.1) is 4.92 Å². The molecule has 0 aliphatic carbocycles. The van der Waals surface area contributed by atoms with Crippen LogP contribution in [0.1, 0.15) is 6.42 Å². The van der Waals surface area contributed by atoms with Gasteiger partial charge >= 0.3 is 11.7 Å². The van der Waals surface area contributed by atoms with Gasteiger partial charge in [-0.2, -0.15) is 0 Å². The molecule has 0 fully saturated rings. The Bertz CT molecular complexity index is 431. The summed E-state index contributed by atoms with van der Waals surface area (Å²) in [6, 6.07) is -0.908. The number of aromatic nitrogens is 2. The number of rotatable bonds is 6. The fourth-order valence-electron chi connectivity index (χ4n) is 1.03. The van der Waals surface area contributed by atoms with Gasteiger partial charge in [0, 0.05) is 0 Å². The minimum Gasteiger partial charge on any atom is -0.480 e. The van der Waals surface area contributed by atoms with Gasteiger partial charge in [-0.05, 0) is 6.42 Å². The SMILES string of the molecule is C=CCC(Nc1ncc([N+](=O)[O-])cn1)C(=O)O. The molecular weight excluding hydrogens is 228 g/mol. The van der Waals surface area contributed by atoms with E-state index in [2.05, 4.69) is 21.9 Å². The van der Waals surface area contributed by atoms with Gasteiger partial charge in [0.1, 0.15) is 18.4 Å².